The van der Waals surface area contributed by atoms with E-state index < -0.39 is 23.8 Å². The molecule has 10 heteroatoms. The topological polar surface area (TPSA) is 108 Å². The summed E-state index contributed by atoms with van der Waals surface area (Å²) in [6, 6.07) is 8.82. The van der Waals surface area contributed by atoms with Crippen molar-refractivity contribution in [3.63, 3.8) is 0 Å². The molecule has 1 N–H and O–H groups in total. The highest BCUT2D eigenvalue weighted by Gasteiger charge is 2.44. The summed E-state index contributed by atoms with van der Waals surface area (Å²) in [6.07, 6.45) is 0.0782. The van der Waals surface area contributed by atoms with Gasteiger partial charge in [0.2, 0.25) is 11.8 Å². The van der Waals surface area contributed by atoms with Gasteiger partial charge in [-0.05, 0) is 50.8 Å². The van der Waals surface area contributed by atoms with E-state index in [1.165, 1.54) is 18.1 Å². The number of carbonyl (C=O) groups excluding carboxylic acids is 4. The molecule has 1 aliphatic heterocycles. The Labute approximate surface area is 210 Å². The molecule has 0 radical (unpaired) electrons. The molecule has 2 aromatic carbocycles. The van der Waals surface area contributed by atoms with Crippen LogP contribution in [-0.2, 0) is 16.0 Å². The third-order valence-corrected chi connectivity index (χ3v) is 5.67. The molecule has 3 rings (SSSR count). The first-order valence-corrected chi connectivity index (χ1v) is 11.5. The van der Waals surface area contributed by atoms with Gasteiger partial charge >= 0.3 is 0 Å². The number of ether oxygens (including phenoxy) is 2. The smallest absolute Gasteiger partial charge is 0.264 e. The maximum absolute atomic E-state index is 13.6. The Morgan fingerprint density at radius 3 is 2.36 bits per heavy atom. The van der Waals surface area contributed by atoms with Crippen molar-refractivity contribution in [1.29, 1.82) is 0 Å². The zero-order chi connectivity index (χ0) is 26.6. The molecule has 0 fully saturated rings. The monoisotopic (exact) mass is 496 g/mol. The fraction of sp³-hybridized carbons (Fsp3) is 0.385. The number of rotatable bonds is 10. The van der Waals surface area contributed by atoms with Gasteiger partial charge in [0.15, 0.2) is 11.5 Å². The predicted molar refractivity (Wildman–Crippen MR) is 134 cm³/mol. The Hall–Kier alpha value is -3.92. The molecular weight excluding hydrogens is 464 g/mol. The lowest BCUT2D eigenvalue weighted by atomic mass is 10.0. The third-order valence-electron chi connectivity index (χ3n) is 5.67. The lowest BCUT2D eigenvalue weighted by Gasteiger charge is -2.28. The van der Waals surface area contributed by atoms with E-state index in [0.29, 0.717) is 23.7 Å². The predicted octanol–water partition coefficient (Wildman–Crippen LogP) is 1.89. The highest BCUT2D eigenvalue weighted by Crippen LogP contribution is 2.33. The van der Waals surface area contributed by atoms with Gasteiger partial charge in [-0.25, -0.2) is 0 Å². The summed E-state index contributed by atoms with van der Waals surface area (Å²) in [4.78, 5) is 56.6. The normalized spacial score (nSPS) is 13.5. The Morgan fingerprint density at radius 1 is 1.03 bits per heavy atom. The van der Waals surface area contributed by atoms with Crippen molar-refractivity contribution in [2.24, 2.45) is 0 Å². The Bertz CT molecular complexity index is 1180. The van der Waals surface area contributed by atoms with Gasteiger partial charge in [0, 0.05) is 20.5 Å². The van der Waals surface area contributed by atoms with Crippen molar-refractivity contribution >= 4 is 29.3 Å². The Morgan fingerprint density at radius 2 is 1.75 bits per heavy atom. The van der Waals surface area contributed by atoms with Crippen LogP contribution in [0.2, 0.25) is 0 Å². The van der Waals surface area contributed by atoms with Gasteiger partial charge in [-0.2, -0.15) is 0 Å². The van der Waals surface area contributed by atoms with E-state index in [1.54, 1.807) is 63.4 Å². The molecule has 0 bridgehead atoms. The van der Waals surface area contributed by atoms with E-state index in [-0.39, 0.29) is 35.7 Å². The minimum absolute atomic E-state index is 0.0782. The van der Waals surface area contributed by atoms with Gasteiger partial charge in [0.25, 0.3) is 11.8 Å². The lowest BCUT2D eigenvalue weighted by Crippen LogP contribution is -2.50. The molecule has 192 valence electrons. The largest absolute Gasteiger partial charge is 0.493 e. The number of nitrogens with zero attached hydrogens (tertiary/aromatic N) is 3. The summed E-state index contributed by atoms with van der Waals surface area (Å²) in [7, 11) is 8.17. The molecule has 4 amide bonds. The Balaban J connectivity index is 1.99. The maximum atomic E-state index is 13.6. The van der Waals surface area contributed by atoms with Gasteiger partial charge in [0.05, 0.1) is 37.1 Å². The quantitative estimate of drug-likeness (QED) is 0.501. The molecule has 10 nitrogen and oxygen atoms in total. The zero-order valence-corrected chi connectivity index (χ0v) is 21.5. The molecule has 36 heavy (non-hydrogen) atoms. The third kappa shape index (κ3) is 5.49. The number of fused-ring (bicyclic) bond motifs is 1. The van der Waals surface area contributed by atoms with E-state index in [1.807, 2.05) is 6.92 Å². The molecule has 2 aromatic rings. The first kappa shape index (κ1) is 26.7. The summed E-state index contributed by atoms with van der Waals surface area (Å²) in [5.74, 6) is -0.908. The second kappa shape index (κ2) is 11.2. The fourth-order valence-electron chi connectivity index (χ4n) is 4.09. The molecule has 1 heterocycles. The lowest BCUT2D eigenvalue weighted by molar-refractivity contribution is -0.132. The van der Waals surface area contributed by atoms with Gasteiger partial charge in [-0.3, -0.25) is 24.1 Å². The number of methoxy groups -OCH3 is 1. The van der Waals surface area contributed by atoms with Crippen LogP contribution in [0.5, 0.6) is 11.5 Å². The van der Waals surface area contributed by atoms with Crippen molar-refractivity contribution in [2.45, 2.75) is 19.4 Å². The minimum Gasteiger partial charge on any atom is -0.493 e. The highest BCUT2D eigenvalue weighted by molar-refractivity contribution is 6.25. The second-order valence-electron chi connectivity index (χ2n) is 8.87. The summed E-state index contributed by atoms with van der Waals surface area (Å²) in [6.45, 7) is 2.37. The van der Waals surface area contributed by atoms with Crippen LogP contribution in [-0.4, -0.2) is 92.8 Å². The number of likely N-dealkylation sites (N-methyl/N-ethyl adjacent to an activating group) is 2. The number of anilines is 1. The molecular formula is C26H32N4O6. The van der Waals surface area contributed by atoms with E-state index in [2.05, 4.69) is 5.32 Å². The van der Waals surface area contributed by atoms with Crippen molar-refractivity contribution in [2.75, 3.05) is 53.8 Å². The van der Waals surface area contributed by atoms with Gasteiger partial charge in [-0.1, -0.05) is 12.1 Å². The van der Waals surface area contributed by atoms with Gasteiger partial charge in [-0.15, -0.1) is 0 Å². The number of hydrogen-bond donors (Lipinski definition) is 1. The van der Waals surface area contributed by atoms with E-state index in [0.717, 1.165) is 4.90 Å². The summed E-state index contributed by atoms with van der Waals surface area (Å²) < 4.78 is 11.0. The van der Waals surface area contributed by atoms with Crippen LogP contribution in [0.4, 0.5) is 5.69 Å². The van der Waals surface area contributed by atoms with Crippen molar-refractivity contribution in [1.82, 2.24) is 14.7 Å². The van der Waals surface area contributed by atoms with Crippen LogP contribution in [0, 0.1) is 0 Å². The summed E-state index contributed by atoms with van der Waals surface area (Å²) in [5, 5.41) is 2.71. The molecule has 0 spiro atoms. The van der Waals surface area contributed by atoms with E-state index >= 15 is 0 Å². The standard InChI is InChI=1S/C26H32N4O6/c1-7-36-21-14-16(11-12-20(21)35-6)13-19(25(33)29(4)5)30-24(32)17-9-8-10-18(23(17)26(30)34)27-22(31)15-28(2)3/h8-12,14,19H,7,13,15H2,1-6H3,(H,27,31). The van der Waals surface area contributed by atoms with Crippen LogP contribution < -0.4 is 14.8 Å². The first-order chi connectivity index (χ1) is 17.1. The molecule has 0 aliphatic carbocycles. The molecule has 0 saturated heterocycles. The fourth-order valence-corrected chi connectivity index (χ4v) is 4.09. The second-order valence-corrected chi connectivity index (χ2v) is 8.87. The number of benzene rings is 2. The SMILES string of the molecule is CCOc1cc(CC(C(=O)N(C)C)N2C(=O)c3cccc(NC(=O)CN(C)C)c3C2=O)ccc1OC. The van der Waals surface area contributed by atoms with Crippen LogP contribution in [0.25, 0.3) is 0 Å². The summed E-state index contributed by atoms with van der Waals surface area (Å²) >= 11 is 0. The minimum atomic E-state index is -1.10. The van der Waals surface area contributed by atoms with Crippen LogP contribution in [0.3, 0.4) is 0 Å². The molecule has 1 unspecified atom stereocenters. The van der Waals surface area contributed by atoms with Crippen LogP contribution in [0.1, 0.15) is 33.2 Å². The first-order valence-electron chi connectivity index (χ1n) is 11.5. The van der Waals surface area contributed by atoms with Crippen molar-refractivity contribution in [3.8, 4) is 11.5 Å². The van der Waals surface area contributed by atoms with Gasteiger partial charge in [0.1, 0.15) is 6.04 Å². The summed E-state index contributed by atoms with van der Waals surface area (Å²) in [5.41, 5.74) is 1.15. The van der Waals surface area contributed by atoms with Crippen LogP contribution >= 0.6 is 0 Å². The Kier molecular flexibility index (Phi) is 8.31. The highest BCUT2D eigenvalue weighted by atomic mass is 16.5. The van der Waals surface area contributed by atoms with Crippen molar-refractivity contribution in [3.05, 3.63) is 53.1 Å². The number of carbonyl (C=O) groups is 4. The van der Waals surface area contributed by atoms with E-state index in [4.69, 9.17) is 9.47 Å². The molecule has 1 atom stereocenters. The van der Waals surface area contributed by atoms with Crippen LogP contribution in [0.15, 0.2) is 36.4 Å². The number of amides is 4. The maximum Gasteiger partial charge on any atom is 0.264 e. The van der Waals surface area contributed by atoms with Gasteiger partial charge < -0.3 is 24.6 Å². The number of nitrogens with one attached hydrogen (secondary N) is 1. The van der Waals surface area contributed by atoms with E-state index in [9.17, 15) is 19.2 Å². The zero-order valence-electron chi connectivity index (χ0n) is 21.5. The molecule has 0 aromatic heterocycles. The molecule has 1 aliphatic rings. The van der Waals surface area contributed by atoms with Crippen molar-refractivity contribution < 1.29 is 28.7 Å². The average Bonchev–Trinajstić information content (AvgIpc) is 3.07. The number of imide groups is 1. The number of hydrogen-bond acceptors (Lipinski definition) is 7. The molecule has 0 saturated carbocycles. The average molecular weight is 497 g/mol.